The van der Waals surface area contributed by atoms with Gasteiger partial charge in [0.2, 0.25) is 0 Å². The van der Waals surface area contributed by atoms with Crippen LogP contribution < -0.4 is 5.32 Å². The fourth-order valence-corrected chi connectivity index (χ4v) is 3.97. The zero-order valence-corrected chi connectivity index (χ0v) is 23.9. The highest BCUT2D eigenvalue weighted by Gasteiger charge is 2.15. The standard InChI is InChI=1S/C30H43N3.C2H6/c1-10-30(6,7)18-17-27-19-26(20-32-29(27)31-8)16-15-24(4)33(9)21-23(3)25(5)28-14-12-11-13-22(28)2;1-2/h10,13-16,19-20H,1,4,11-12,17-18,21H2,2-3,5-9H3,(H,31,32);1-2H3/b16-15+,25-23+;. The average Bonchev–Trinajstić information content (AvgIpc) is 2.87. The molecule has 0 bridgehead atoms. The fourth-order valence-electron chi connectivity index (χ4n) is 3.97. The first-order valence-electron chi connectivity index (χ1n) is 13.0. The van der Waals surface area contributed by atoms with Gasteiger partial charge < -0.3 is 10.2 Å². The van der Waals surface area contributed by atoms with Gasteiger partial charge in [-0.2, -0.15) is 0 Å². The Hall–Kier alpha value is -2.81. The van der Waals surface area contributed by atoms with Gasteiger partial charge in [-0.1, -0.05) is 64.2 Å². The Morgan fingerprint density at radius 2 is 1.86 bits per heavy atom. The summed E-state index contributed by atoms with van der Waals surface area (Å²) in [6.07, 6.45) is 17.1. The Kier molecular flexibility index (Phi) is 12.6. The van der Waals surface area contributed by atoms with Crippen LogP contribution in [0.2, 0.25) is 0 Å². The van der Waals surface area contributed by atoms with E-state index in [1.54, 1.807) is 0 Å². The number of nitrogens with zero attached hydrogens (tertiary/aromatic N) is 2. The van der Waals surface area contributed by atoms with Crippen LogP contribution in [-0.2, 0) is 6.42 Å². The minimum atomic E-state index is 0.110. The minimum absolute atomic E-state index is 0.110. The van der Waals surface area contributed by atoms with Crippen molar-refractivity contribution in [3.63, 3.8) is 0 Å². The monoisotopic (exact) mass is 475 g/mol. The zero-order chi connectivity index (χ0) is 26.6. The Bertz CT molecular complexity index is 986. The van der Waals surface area contributed by atoms with Crippen molar-refractivity contribution in [3.05, 3.63) is 88.8 Å². The van der Waals surface area contributed by atoms with E-state index in [4.69, 9.17) is 0 Å². The highest BCUT2D eigenvalue weighted by molar-refractivity contribution is 5.57. The molecule has 0 unspecified atom stereocenters. The van der Waals surface area contributed by atoms with Crippen molar-refractivity contribution in [3.8, 4) is 0 Å². The third kappa shape index (κ3) is 9.39. The van der Waals surface area contributed by atoms with Crippen LogP contribution >= 0.6 is 0 Å². The molecule has 0 saturated heterocycles. The molecular formula is C32H49N3. The normalized spacial score (nSPS) is 14.3. The second kappa shape index (κ2) is 14.6. The first-order valence-corrected chi connectivity index (χ1v) is 13.0. The molecule has 0 atom stereocenters. The number of allylic oxidation sites excluding steroid dienone is 7. The van der Waals surface area contributed by atoms with E-state index in [1.807, 2.05) is 33.2 Å². The lowest BCUT2D eigenvalue weighted by Gasteiger charge is -2.23. The van der Waals surface area contributed by atoms with Crippen molar-refractivity contribution in [2.75, 3.05) is 26.0 Å². The molecule has 1 aromatic rings. The molecule has 0 radical (unpaired) electrons. The van der Waals surface area contributed by atoms with Crippen LogP contribution in [0.3, 0.4) is 0 Å². The maximum Gasteiger partial charge on any atom is 0.128 e. The summed E-state index contributed by atoms with van der Waals surface area (Å²) in [5, 5.41) is 3.22. The van der Waals surface area contributed by atoms with E-state index in [-0.39, 0.29) is 5.41 Å². The van der Waals surface area contributed by atoms with Gasteiger partial charge in [-0.25, -0.2) is 4.98 Å². The molecule has 0 fully saturated rings. The van der Waals surface area contributed by atoms with E-state index < -0.39 is 0 Å². The van der Waals surface area contributed by atoms with Crippen LogP contribution in [-0.4, -0.2) is 30.5 Å². The van der Waals surface area contributed by atoms with Crippen LogP contribution in [0.1, 0.15) is 78.9 Å². The van der Waals surface area contributed by atoms with Crippen molar-refractivity contribution in [1.82, 2.24) is 9.88 Å². The second-order valence-corrected chi connectivity index (χ2v) is 9.89. The molecule has 0 aromatic carbocycles. The Morgan fingerprint density at radius 1 is 1.20 bits per heavy atom. The van der Waals surface area contributed by atoms with E-state index in [1.165, 1.54) is 27.9 Å². The predicted octanol–water partition coefficient (Wildman–Crippen LogP) is 8.76. The Morgan fingerprint density at radius 3 is 2.46 bits per heavy atom. The number of rotatable bonds is 11. The number of anilines is 1. The summed E-state index contributed by atoms with van der Waals surface area (Å²) in [4.78, 5) is 6.84. The largest absolute Gasteiger partial charge is 0.373 e. The molecule has 1 aromatic heterocycles. The molecule has 1 N–H and O–H groups in total. The summed E-state index contributed by atoms with van der Waals surface area (Å²) in [5.41, 5.74) is 8.96. The molecule has 1 heterocycles. The van der Waals surface area contributed by atoms with E-state index in [0.717, 1.165) is 49.3 Å². The van der Waals surface area contributed by atoms with Crippen LogP contribution in [0, 0.1) is 5.41 Å². The number of aromatic nitrogens is 1. The summed E-state index contributed by atoms with van der Waals surface area (Å²) in [6, 6.07) is 2.22. The van der Waals surface area contributed by atoms with Crippen LogP contribution in [0.25, 0.3) is 6.08 Å². The van der Waals surface area contributed by atoms with Crippen molar-refractivity contribution >= 4 is 11.9 Å². The van der Waals surface area contributed by atoms with E-state index in [0.29, 0.717) is 0 Å². The number of pyridine rings is 1. The number of aryl methyl sites for hydroxylation is 1. The topological polar surface area (TPSA) is 28.2 Å². The van der Waals surface area contributed by atoms with Gasteiger partial charge in [0.05, 0.1) is 0 Å². The molecule has 0 aliphatic heterocycles. The molecule has 1 aliphatic carbocycles. The van der Waals surface area contributed by atoms with Gasteiger partial charge in [-0.05, 0) is 91.9 Å². The smallest absolute Gasteiger partial charge is 0.128 e. The lowest BCUT2D eigenvalue weighted by Crippen LogP contribution is -2.19. The lowest BCUT2D eigenvalue weighted by atomic mass is 9.86. The quantitative estimate of drug-likeness (QED) is 0.256. The maximum atomic E-state index is 4.63. The van der Waals surface area contributed by atoms with Crippen LogP contribution in [0.4, 0.5) is 5.82 Å². The van der Waals surface area contributed by atoms with E-state index >= 15 is 0 Å². The third-order valence-electron chi connectivity index (χ3n) is 6.68. The second-order valence-electron chi connectivity index (χ2n) is 9.89. The number of hydrogen-bond acceptors (Lipinski definition) is 3. The highest BCUT2D eigenvalue weighted by Crippen LogP contribution is 2.28. The summed E-state index contributed by atoms with van der Waals surface area (Å²) < 4.78 is 0. The zero-order valence-electron chi connectivity index (χ0n) is 23.9. The van der Waals surface area contributed by atoms with Gasteiger partial charge in [-0.3, -0.25) is 0 Å². The molecule has 0 spiro atoms. The third-order valence-corrected chi connectivity index (χ3v) is 6.68. The number of nitrogens with one attached hydrogen (secondary N) is 1. The summed E-state index contributed by atoms with van der Waals surface area (Å²) in [7, 11) is 4.03. The van der Waals surface area contributed by atoms with Crippen LogP contribution in [0.5, 0.6) is 0 Å². The van der Waals surface area contributed by atoms with Crippen molar-refractivity contribution in [2.45, 2.75) is 74.1 Å². The number of hydrogen-bond donors (Lipinski definition) is 1. The summed E-state index contributed by atoms with van der Waals surface area (Å²) in [6.45, 7) is 24.2. The van der Waals surface area contributed by atoms with Gasteiger partial charge in [0.25, 0.3) is 0 Å². The molecule has 35 heavy (non-hydrogen) atoms. The molecular weight excluding hydrogens is 426 g/mol. The summed E-state index contributed by atoms with van der Waals surface area (Å²) >= 11 is 0. The molecule has 3 nitrogen and oxygen atoms in total. The first-order chi connectivity index (χ1) is 16.6. The molecule has 192 valence electrons. The van der Waals surface area contributed by atoms with Crippen molar-refractivity contribution in [2.24, 2.45) is 5.41 Å². The average molecular weight is 476 g/mol. The SMILES string of the molecule is C=CC(C)(C)CCc1cc(/C=C/C(=C)N(C)C/C(C)=C(\C)C2=CCCC=C2C)cnc1NC.CC. The highest BCUT2D eigenvalue weighted by atomic mass is 15.1. The van der Waals surface area contributed by atoms with E-state index in [9.17, 15) is 0 Å². The number of likely N-dealkylation sites (N-methyl/N-ethyl adjacent to an activating group) is 1. The Labute approximate surface area is 216 Å². The maximum absolute atomic E-state index is 4.63. The molecule has 3 heteroatoms. The fraction of sp³-hybridized carbons (Fsp3) is 0.469. The Balaban J connectivity index is 0.00000298. The first kappa shape index (κ1) is 30.2. The van der Waals surface area contributed by atoms with Gasteiger partial charge in [-0.15, -0.1) is 6.58 Å². The molecule has 0 amide bonds. The minimum Gasteiger partial charge on any atom is -0.373 e. The molecule has 2 rings (SSSR count). The van der Waals surface area contributed by atoms with Crippen molar-refractivity contribution in [1.29, 1.82) is 0 Å². The lowest BCUT2D eigenvalue weighted by molar-refractivity contribution is 0.439. The van der Waals surface area contributed by atoms with E-state index in [2.05, 4.69) is 100 Å². The van der Waals surface area contributed by atoms with Gasteiger partial charge in [0.1, 0.15) is 5.82 Å². The van der Waals surface area contributed by atoms with Crippen LogP contribution in [0.15, 0.2) is 77.7 Å². The van der Waals surface area contributed by atoms with Gasteiger partial charge in [0.15, 0.2) is 0 Å². The van der Waals surface area contributed by atoms with Gasteiger partial charge >= 0.3 is 0 Å². The van der Waals surface area contributed by atoms with Crippen molar-refractivity contribution < 1.29 is 0 Å². The molecule has 1 aliphatic rings. The molecule has 0 saturated carbocycles. The summed E-state index contributed by atoms with van der Waals surface area (Å²) in [5.74, 6) is 0.945. The van der Waals surface area contributed by atoms with Gasteiger partial charge in [0, 0.05) is 32.5 Å². The predicted molar refractivity (Wildman–Crippen MR) is 158 cm³/mol.